The van der Waals surface area contributed by atoms with Gasteiger partial charge in [0, 0.05) is 25.7 Å². The van der Waals surface area contributed by atoms with E-state index < -0.39 is 5.97 Å². The molecule has 0 aliphatic heterocycles. The van der Waals surface area contributed by atoms with Crippen LogP contribution in [0, 0.1) is 0 Å². The van der Waals surface area contributed by atoms with E-state index in [2.05, 4.69) is 5.32 Å². The molecule has 3 N–H and O–H groups in total. The fourth-order valence-electron chi connectivity index (χ4n) is 2.77. The molecule has 0 saturated heterocycles. The molecule has 1 aromatic heterocycles. The molecule has 146 valence electrons. The zero-order chi connectivity index (χ0) is 20.0. The van der Waals surface area contributed by atoms with E-state index in [0.717, 1.165) is 22.6 Å². The van der Waals surface area contributed by atoms with Crippen molar-refractivity contribution >= 4 is 28.2 Å². The second-order valence-electron chi connectivity index (χ2n) is 5.97. The summed E-state index contributed by atoms with van der Waals surface area (Å²) in [6.45, 7) is 2.96. The molecule has 0 spiro atoms. The van der Waals surface area contributed by atoms with Gasteiger partial charge in [0.25, 0.3) is 5.91 Å². The van der Waals surface area contributed by atoms with Crippen molar-refractivity contribution in [1.82, 2.24) is 10.2 Å². The fourth-order valence-corrected chi connectivity index (χ4v) is 3.78. The molecule has 1 heterocycles. The van der Waals surface area contributed by atoms with Crippen LogP contribution in [0.25, 0.3) is 0 Å². The highest BCUT2D eigenvalue weighted by atomic mass is 32.1. The lowest BCUT2D eigenvalue weighted by atomic mass is 10.1. The van der Waals surface area contributed by atoms with Crippen molar-refractivity contribution in [3.05, 3.63) is 45.8 Å². The number of ether oxygens (including phenoxy) is 2. The average Bonchev–Trinajstić information content (AvgIpc) is 2.97. The average molecular weight is 391 g/mol. The Kier molecular flexibility index (Phi) is 7.20. The van der Waals surface area contributed by atoms with Crippen molar-refractivity contribution in [2.45, 2.75) is 20.0 Å². The molecular weight excluding hydrogens is 366 g/mol. The van der Waals surface area contributed by atoms with Crippen LogP contribution in [0.15, 0.2) is 24.3 Å². The first-order valence-corrected chi connectivity index (χ1v) is 9.34. The first kappa shape index (κ1) is 20.7. The molecule has 0 saturated carbocycles. The first-order valence-electron chi connectivity index (χ1n) is 8.53. The Hall–Kier alpha value is -2.58. The molecule has 0 aliphatic carbocycles. The van der Waals surface area contributed by atoms with Crippen molar-refractivity contribution < 1.29 is 19.1 Å². The maximum atomic E-state index is 12.4. The van der Waals surface area contributed by atoms with Crippen LogP contribution in [0.2, 0.25) is 0 Å². The van der Waals surface area contributed by atoms with Gasteiger partial charge in [-0.25, -0.2) is 4.79 Å². The largest absolute Gasteiger partial charge is 0.497 e. The molecule has 0 unspecified atom stereocenters. The van der Waals surface area contributed by atoms with E-state index in [1.807, 2.05) is 36.2 Å². The van der Waals surface area contributed by atoms with Gasteiger partial charge in [0.05, 0.1) is 24.2 Å². The molecule has 0 bridgehead atoms. The summed E-state index contributed by atoms with van der Waals surface area (Å²) in [5.74, 6) is -0.00264. The van der Waals surface area contributed by atoms with Gasteiger partial charge in [-0.3, -0.25) is 9.69 Å². The van der Waals surface area contributed by atoms with Gasteiger partial charge in [0.2, 0.25) is 0 Å². The predicted molar refractivity (Wildman–Crippen MR) is 106 cm³/mol. The molecule has 0 fully saturated rings. The van der Waals surface area contributed by atoms with Crippen molar-refractivity contribution in [3.8, 4) is 5.75 Å². The third-order valence-corrected chi connectivity index (χ3v) is 5.02. The van der Waals surface area contributed by atoms with Crippen molar-refractivity contribution in [2.24, 2.45) is 0 Å². The number of amides is 1. The molecular formula is C19H25N3O4S. The van der Waals surface area contributed by atoms with Gasteiger partial charge in [-0.2, -0.15) is 0 Å². The molecule has 2 rings (SSSR count). The normalized spacial score (nSPS) is 10.7. The van der Waals surface area contributed by atoms with E-state index in [4.69, 9.17) is 15.2 Å². The standard InChI is InChI=1S/C19H25N3O4S/c1-5-26-19(24)15-14(16(18(23)21-2)27-17(15)20)11-22(3)10-12-7-6-8-13(9-12)25-4/h6-9H,5,10-11,20H2,1-4H3,(H,21,23). The van der Waals surface area contributed by atoms with Gasteiger partial charge in [-0.1, -0.05) is 12.1 Å². The molecule has 1 aromatic carbocycles. The number of rotatable bonds is 8. The van der Waals surface area contributed by atoms with E-state index in [0.29, 0.717) is 23.5 Å². The zero-order valence-electron chi connectivity index (χ0n) is 16.0. The van der Waals surface area contributed by atoms with E-state index in [1.165, 1.54) is 0 Å². The van der Waals surface area contributed by atoms with Crippen LogP contribution >= 0.6 is 11.3 Å². The number of nitrogens with two attached hydrogens (primary N) is 1. The third kappa shape index (κ3) is 4.99. The van der Waals surface area contributed by atoms with Crippen LogP contribution in [0.4, 0.5) is 5.00 Å². The van der Waals surface area contributed by atoms with E-state index >= 15 is 0 Å². The Morgan fingerprint density at radius 1 is 1.30 bits per heavy atom. The van der Waals surface area contributed by atoms with Gasteiger partial charge in [0.1, 0.15) is 10.8 Å². The summed E-state index contributed by atoms with van der Waals surface area (Å²) in [6, 6.07) is 7.74. The Bertz CT molecular complexity index is 819. The van der Waals surface area contributed by atoms with E-state index in [-0.39, 0.29) is 23.1 Å². The van der Waals surface area contributed by atoms with Crippen LogP contribution in [0.3, 0.4) is 0 Å². The quantitative estimate of drug-likeness (QED) is 0.672. The number of hydrogen-bond acceptors (Lipinski definition) is 7. The molecule has 27 heavy (non-hydrogen) atoms. The van der Waals surface area contributed by atoms with Crippen molar-refractivity contribution in [3.63, 3.8) is 0 Å². The van der Waals surface area contributed by atoms with Crippen LogP contribution in [-0.4, -0.2) is 44.6 Å². The Balaban J connectivity index is 2.31. The van der Waals surface area contributed by atoms with Crippen LogP contribution in [0.5, 0.6) is 5.75 Å². The number of methoxy groups -OCH3 is 1. The van der Waals surface area contributed by atoms with Gasteiger partial charge in [-0.05, 0) is 31.7 Å². The van der Waals surface area contributed by atoms with E-state index in [9.17, 15) is 9.59 Å². The summed E-state index contributed by atoms with van der Waals surface area (Å²) in [5, 5.41) is 2.89. The number of thiophene rings is 1. The minimum Gasteiger partial charge on any atom is -0.497 e. The fraction of sp³-hybridized carbons (Fsp3) is 0.368. The number of nitrogen functional groups attached to an aromatic ring is 1. The minimum atomic E-state index is -0.508. The highest BCUT2D eigenvalue weighted by Crippen LogP contribution is 2.33. The summed E-state index contributed by atoms with van der Waals surface area (Å²) < 4.78 is 10.4. The number of nitrogens with one attached hydrogen (secondary N) is 1. The number of carbonyl (C=O) groups is 2. The maximum absolute atomic E-state index is 12.4. The number of carbonyl (C=O) groups excluding carboxylic acids is 2. The molecule has 7 nitrogen and oxygen atoms in total. The van der Waals surface area contributed by atoms with Gasteiger partial charge >= 0.3 is 5.97 Å². The summed E-state index contributed by atoms with van der Waals surface area (Å²) in [6.07, 6.45) is 0. The summed E-state index contributed by atoms with van der Waals surface area (Å²) >= 11 is 1.10. The molecule has 0 radical (unpaired) electrons. The lowest BCUT2D eigenvalue weighted by Crippen LogP contribution is -2.23. The van der Waals surface area contributed by atoms with Crippen molar-refractivity contribution in [2.75, 3.05) is 33.5 Å². The van der Waals surface area contributed by atoms with Crippen LogP contribution in [-0.2, 0) is 17.8 Å². The molecule has 0 atom stereocenters. The minimum absolute atomic E-state index is 0.239. The Morgan fingerprint density at radius 3 is 2.67 bits per heavy atom. The van der Waals surface area contributed by atoms with Gasteiger partial charge in [0.15, 0.2) is 0 Å². The molecule has 0 aliphatic rings. The molecule has 2 aromatic rings. The number of esters is 1. The number of hydrogen-bond donors (Lipinski definition) is 2. The summed E-state index contributed by atoms with van der Waals surface area (Å²) in [7, 11) is 5.08. The first-order chi connectivity index (χ1) is 12.9. The second kappa shape index (κ2) is 9.38. The third-order valence-electron chi connectivity index (χ3n) is 3.96. The highest BCUT2D eigenvalue weighted by Gasteiger charge is 2.27. The van der Waals surface area contributed by atoms with Gasteiger partial charge in [-0.15, -0.1) is 11.3 Å². The monoisotopic (exact) mass is 391 g/mol. The smallest absolute Gasteiger partial charge is 0.341 e. The van der Waals surface area contributed by atoms with Crippen LogP contribution in [0.1, 0.15) is 38.1 Å². The topological polar surface area (TPSA) is 93.9 Å². The van der Waals surface area contributed by atoms with Crippen LogP contribution < -0.4 is 15.8 Å². The predicted octanol–water partition coefficient (Wildman–Crippen LogP) is 2.51. The van der Waals surface area contributed by atoms with E-state index in [1.54, 1.807) is 21.1 Å². The van der Waals surface area contributed by atoms with Crippen molar-refractivity contribution in [1.29, 1.82) is 0 Å². The number of benzene rings is 1. The Morgan fingerprint density at radius 2 is 2.04 bits per heavy atom. The van der Waals surface area contributed by atoms with Gasteiger partial charge < -0.3 is 20.5 Å². The SMILES string of the molecule is CCOC(=O)c1c(N)sc(C(=O)NC)c1CN(C)Cc1cccc(OC)c1. The zero-order valence-corrected chi connectivity index (χ0v) is 16.8. The molecule has 1 amide bonds. The highest BCUT2D eigenvalue weighted by molar-refractivity contribution is 7.18. The number of nitrogens with zero attached hydrogens (tertiary/aromatic N) is 1. The lowest BCUT2D eigenvalue weighted by molar-refractivity contribution is 0.0526. The molecule has 8 heteroatoms. The Labute approximate surface area is 163 Å². The maximum Gasteiger partial charge on any atom is 0.341 e. The number of anilines is 1. The summed E-state index contributed by atoms with van der Waals surface area (Å²) in [4.78, 5) is 27.1. The summed E-state index contributed by atoms with van der Waals surface area (Å²) in [5.41, 5.74) is 7.95. The second-order valence-corrected chi connectivity index (χ2v) is 7.02. The lowest BCUT2D eigenvalue weighted by Gasteiger charge is -2.18.